The highest BCUT2D eigenvalue weighted by Crippen LogP contribution is 2.43. The van der Waals surface area contributed by atoms with Crippen molar-refractivity contribution in [3.8, 4) is 5.75 Å². The van der Waals surface area contributed by atoms with Gasteiger partial charge in [0.15, 0.2) is 0 Å². The van der Waals surface area contributed by atoms with E-state index in [1.807, 2.05) is 11.0 Å². The van der Waals surface area contributed by atoms with Gasteiger partial charge in [-0.05, 0) is 75.8 Å². The lowest BCUT2D eigenvalue weighted by atomic mass is 9.77. The number of benzene rings is 1. The maximum Gasteiger partial charge on any atom is 0.227 e. The molecular weight excluding hydrogens is 510 g/mol. The van der Waals surface area contributed by atoms with Crippen LogP contribution in [0.25, 0.3) is 10.9 Å². The van der Waals surface area contributed by atoms with Crippen LogP contribution in [0.2, 0.25) is 0 Å². The van der Waals surface area contributed by atoms with E-state index in [-0.39, 0.29) is 11.9 Å². The van der Waals surface area contributed by atoms with Gasteiger partial charge in [0.1, 0.15) is 17.4 Å². The number of hydrogen-bond donors (Lipinski definition) is 1. The number of H-pyrrole nitrogens is 1. The number of rotatable bonds is 17. The molecule has 0 spiro atoms. The number of methoxy groups -OCH3 is 1. The summed E-state index contributed by atoms with van der Waals surface area (Å²) in [5.41, 5.74) is 3.68. The molecule has 0 radical (unpaired) electrons. The molecule has 1 aliphatic heterocycles. The normalized spacial score (nSPS) is 17.3. The Kier molecular flexibility index (Phi) is 13.0. The van der Waals surface area contributed by atoms with Crippen molar-refractivity contribution in [2.24, 2.45) is 0 Å². The Bertz CT molecular complexity index is 1150. The molecule has 41 heavy (non-hydrogen) atoms. The first-order chi connectivity index (χ1) is 19.9. The van der Waals surface area contributed by atoms with Crippen LogP contribution in [0.4, 0.5) is 0 Å². The second-order valence-corrected chi connectivity index (χ2v) is 12.0. The van der Waals surface area contributed by atoms with Crippen molar-refractivity contribution in [2.45, 2.75) is 136 Å². The maximum absolute atomic E-state index is 14.0. The first-order valence-corrected chi connectivity index (χ1v) is 16.4. The molecule has 1 fully saturated rings. The van der Waals surface area contributed by atoms with Gasteiger partial charge < -0.3 is 14.6 Å². The SMILES string of the molecule is CCCCC1CN(C(=O)CCCc2c(C)[nH]c3ccc(OC)cc23)C(=C=O)C(CCCC)(CCCC)N1CCCC. The molecule has 1 N–H and O–H groups in total. The van der Waals surface area contributed by atoms with Crippen molar-refractivity contribution in [3.63, 3.8) is 0 Å². The third-order valence-electron chi connectivity index (χ3n) is 9.17. The predicted molar refractivity (Wildman–Crippen MR) is 170 cm³/mol. The first kappa shape index (κ1) is 32.9. The topological polar surface area (TPSA) is 65.6 Å². The monoisotopic (exact) mass is 565 g/mol. The number of nitrogens with one attached hydrogen (secondary N) is 1. The smallest absolute Gasteiger partial charge is 0.227 e. The van der Waals surface area contributed by atoms with Gasteiger partial charge in [-0.1, -0.05) is 72.6 Å². The lowest BCUT2D eigenvalue weighted by molar-refractivity contribution is -0.135. The molecular formula is C35H55N3O3. The van der Waals surface area contributed by atoms with Crippen molar-refractivity contribution < 1.29 is 14.3 Å². The van der Waals surface area contributed by atoms with Crippen molar-refractivity contribution in [1.82, 2.24) is 14.8 Å². The molecule has 1 unspecified atom stereocenters. The molecule has 0 aliphatic carbocycles. The molecule has 228 valence electrons. The fourth-order valence-corrected chi connectivity index (χ4v) is 6.88. The fourth-order valence-electron chi connectivity index (χ4n) is 6.88. The number of aromatic amines is 1. The number of amides is 1. The van der Waals surface area contributed by atoms with Gasteiger partial charge >= 0.3 is 0 Å². The Morgan fingerprint density at radius 3 is 2.32 bits per heavy atom. The van der Waals surface area contributed by atoms with Crippen LogP contribution in [0.15, 0.2) is 23.9 Å². The summed E-state index contributed by atoms with van der Waals surface area (Å²) < 4.78 is 5.46. The standard InChI is InChI=1S/C35H55N3O3/c1-7-11-16-28-25-37(33(26-39)35(21-12-8-2,22-13-9-3)38(28)23-14-10-4)34(40)18-15-17-30-27(5)36-32-20-19-29(41-6)24-31(30)32/h19-20,24,28,36H,7-18,21-23,25H2,1-6H3. The zero-order valence-electron chi connectivity index (χ0n) is 26.7. The Balaban J connectivity index is 1.90. The zero-order chi connectivity index (χ0) is 29.8. The Morgan fingerprint density at radius 2 is 1.71 bits per heavy atom. The van der Waals surface area contributed by atoms with Crippen LogP contribution in [0.5, 0.6) is 5.75 Å². The second kappa shape index (κ2) is 16.2. The minimum Gasteiger partial charge on any atom is -0.497 e. The van der Waals surface area contributed by atoms with Gasteiger partial charge in [-0.2, -0.15) is 0 Å². The van der Waals surface area contributed by atoms with Crippen LogP contribution >= 0.6 is 0 Å². The second-order valence-electron chi connectivity index (χ2n) is 12.0. The Hall–Kier alpha value is -2.56. The van der Waals surface area contributed by atoms with Crippen molar-refractivity contribution in [1.29, 1.82) is 0 Å². The van der Waals surface area contributed by atoms with E-state index in [9.17, 15) is 9.59 Å². The number of aryl methyl sites for hydroxylation is 2. The van der Waals surface area contributed by atoms with E-state index < -0.39 is 5.54 Å². The number of fused-ring (bicyclic) bond motifs is 1. The van der Waals surface area contributed by atoms with Crippen molar-refractivity contribution >= 4 is 22.8 Å². The number of aromatic nitrogens is 1. The van der Waals surface area contributed by atoms with Gasteiger partial charge in [0, 0.05) is 35.6 Å². The van der Waals surface area contributed by atoms with E-state index in [2.05, 4.69) is 62.6 Å². The summed E-state index contributed by atoms with van der Waals surface area (Å²) >= 11 is 0. The Morgan fingerprint density at radius 1 is 1.02 bits per heavy atom. The number of nitrogens with zero attached hydrogens (tertiary/aromatic N) is 2. The van der Waals surface area contributed by atoms with E-state index in [0.717, 1.165) is 112 Å². The minimum atomic E-state index is -0.404. The van der Waals surface area contributed by atoms with Gasteiger partial charge in [-0.3, -0.25) is 9.69 Å². The zero-order valence-corrected chi connectivity index (χ0v) is 26.7. The average molecular weight is 566 g/mol. The van der Waals surface area contributed by atoms with Crippen LogP contribution in [-0.4, -0.2) is 58.4 Å². The van der Waals surface area contributed by atoms with Gasteiger partial charge in [-0.15, -0.1) is 0 Å². The van der Waals surface area contributed by atoms with Crippen molar-refractivity contribution in [2.75, 3.05) is 20.2 Å². The molecule has 2 heterocycles. The van der Waals surface area contributed by atoms with Crippen LogP contribution in [0, 0.1) is 6.92 Å². The minimum absolute atomic E-state index is 0.0763. The molecule has 1 saturated heterocycles. The van der Waals surface area contributed by atoms with Gasteiger partial charge in [0.25, 0.3) is 0 Å². The summed E-state index contributed by atoms with van der Waals surface area (Å²) in [6.07, 6.45) is 13.6. The van der Waals surface area contributed by atoms with Crippen LogP contribution in [0.1, 0.15) is 122 Å². The molecule has 1 atom stereocenters. The third kappa shape index (κ3) is 7.64. The number of unbranched alkanes of at least 4 members (excludes halogenated alkanes) is 4. The van der Waals surface area contributed by atoms with Gasteiger partial charge in [0.2, 0.25) is 5.91 Å². The van der Waals surface area contributed by atoms with E-state index in [4.69, 9.17) is 4.74 Å². The molecule has 1 aromatic heterocycles. The largest absolute Gasteiger partial charge is 0.497 e. The van der Waals surface area contributed by atoms with Crippen molar-refractivity contribution in [3.05, 3.63) is 35.2 Å². The van der Waals surface area contributed by atoms with E-state index in [1.165, 1.54) is 5.56 Å². The van der Waals surface area contributed by atoms with E-state index in [1.54, 1.807) is 7.11 Å². The highest BCUT2D eigenvalue weighted by atomic mass is 16.5. The molecule has 6 heteroatoms. The van der Waals surface area contributed by atoms with Crippen LogP contribution in [-0.2, 0) is 16.0 Å². The molecule has 0 saturated carbocycles. The molecule has 1 aliphatic rings. The maximum atomic E-state index is 14.0. The van der Waals surface area contributed by atoms with Gasteiger partial charge in [-0.25, -0.2) is 4.79 Å². The fraction of sp³-hybridized carbons (Fsp3) is 0.686. The number of carbonyl (C=O) groups is 1. The number of carbonyl (C=O) groups excluding carboxylic acids is 2. The lowest BCUT2D eigenvalue weighted by Gasteiger charge is -2.55. The molecule has 6 nitrogen and oxygen atoms in total. The molecule has 0 bridgehead atoms. The quantitative estimate of drug-likeness (QED) is 0.197. The summed E-state index contributed by atoms with van der Waals surface area (Å²) in [5.74, 6) is 3.30. The highest BCUT2D eigenvalue weighted by molar-refractivity contribution is 5.86. The third-order valence-corrected chi connectivity index (χ3v) is 9.17. The van der Waals surface area contributed by atoms with Crippen LogP contribution in [0.3, 0.4) is 0 Å². The van der Waals surface area contributed by atoms with Crippen LogP contribution < -0.4 is 4.74 Å². The molecule has 1 aromatic carbocycles. The first-order valence-electron chi connectivity index (χ1n) is 16.4. The Labute approximate surface area is 248 Å². The number of hydrogen-bond acceptors (Lipinski definition) is 4. The summed E-state index contributed by atoms with van der Waals surface area (Å²) in [7, 11) is 1.69. The summed E-state index contributed by atoms with van der Waals surface area (Å²) in [5, 5.41) is 1.16. The average Bonchev–Trinajstić information content (AvgIpc) is 3.30. The number of ether oxygens (including phenoxy) is 1. The molecule has 1 amide bonds. The predicted octanol–water partition coefficient (Wildman–Crippen LogP) is 8.15. The van der Waals surface area contributed by atoms with Gasteiger partial charge in [0.05, 0.1) is 12.6 Å². The lowest BCUT2D eigenvalue weighted by Crippen LogP contribution is -2.66. The highest BCUT2D eigenvalue weighted by Gasteiger charge is 2.50. The van der Waals surface area contributed by atoms with E-state index in [0.29, 0.717) is 18.7 Å². The molecule has 2 aromatic rings. The number of piperazine rings is 1. The molecule has 3 rings (SSSR count). The summed E-state index contributed by atoms with van der Waals surface area (Å²) in [6, 6.07) is 6.38. The summed E-state index contributed by atoms with van der Waals surface area (Å²) in [4.78, 5) is 34.9. The van der Waals surface area contributed by atoms with E-state index >= 15 is 0 Å². The summed E-state index contributed by atoms with van der Waals surface area (Å²) in [6.45, 7) is 12.6.